The average Bonchev–Trinajstić information content (AvgIpc) is 2.43. The number of aromatic hydroxyl groups is 1. The van der Waals surface area contributed by atoms with Crippen LogP contribution in [0, 0.1) is 11.7 Å². The molecule has 2 N–H and O–H groups in total. The largest absolute Gasteiger partial charge is 0.506 e. The molecular formula is C15H22ClFN2O. The van der Waals surface area contributed by atoms with E-state index in [2.05, 4.69) is 24.1 Å². The predicted molar refractivity (Wildman–Crippen MR) is 79.7 cm³/mol. The van der Waals surface area contributed by atoms with E-state index in [4.69, 9.17) is 11.6 Å². The number of hydrogen-bond donors (Lipinski definition) is 2. The Labute approximate surface area is 124 Å². The van der Waals surface area contributed by atoms with E-state index in [9.17, 15) is 9.50 Å². The molecule has 5 heteroatoms. The molecule has 3 nitrogen and oxygen atoms in total. The van der Waals surface area contributed by atoms with Crippen molar-refractivity contribution in [2.24, 2.45) is 5.92 Å². The Morgan fingerprint density at radius 1 is 1.35 bits per heavy atom. The van der Waals surface area contributed by atoms with Crippen LogP contribution >= 0.6 is 11.6 Å². The number of halogens is 2. The highest BCUT2D eigenvalue weighted by molar-refractivity contribution is 6.32. The third kappa shape index (κ3) is 3.43. The van der Waals surface area contributed by atoms with E-state index >= 15 is 0 Å². The fraction of sp³-hybridized carbons (Fsp3) is 0.600. The van der Waals surface area contributed by atoms with Gasteiger partial charge in [0, 0.05) is 37.8 Å². The van der Waals surface area contributed by atoms with Crippen LogP contribution in [0.2, 0.25) is 5.02 Å². The second-order valence-electron chi connectivity index (χ2n) is 5.72. The summed E-state index contributed by atoms with van der Waals surface area (Å²) in [4.78, 5) is 2.23. The summed E-state index contributed by atoms with van der Waals surface area (Å²) >= 11 is 5.96. The lowest BCUT2D eigenvalue weighted by molar-refractivity contribution is 0.148. The standard InChI is InChI=1S/C15H22ClFN2O/c1-10(2)9-13(19-7-5-18-6-8-19)14-12(17)4-3-11(16)15(14)20/h3-4,10,13,18,20H,5-9H2,1-2H3/t13-/m1/s1. The van der Waals surface area contributed by atoms with Gasteiger partial charge in [0.15, 0.2) is 0 Å². The summed E-state index contributed by atoms with van der Waals surface area (Å²) in [6.45, 7) is 7.68. The van der Waals surface area contributed by atoms with E-state index in [0.717, 1.165) is 32.6 Å². The first-order valence-corrected chi connectivity index (χ1v) is 7.50. The number of nitrogens with one attached hydrogen (secondary N) is 1. The fourth-order valence-corrected chi connectivity index (χ4v) is 2.93. The molecule has 0 radical (unpaired) electrons. The predicted octanol–water partition coefficient (Wildman–Crippen LogP) is 3.18. The molecule has 112 valence electrons. The van der Waals surface area contributed by atoms with Crippen molar-refractivity contribution in [1.82, 2.24) is 10.2 Å². The quantitative estimate of drug-likeness (QED) is 0.896. The van der Waals surface area contributed by atoms with Crippen molar-refractivity contribution in [1.29, 1.82) is 0 Å². The summed E-state index contributed by atoms with van der Waals surface area (Å²) in [5.74, 6) is -0.0837. The average molecular weight is 301 g/mol. The van der Waals surface area contributed by atoms with Crippen LogP contribution in [-0.2, 0) is 0 Å². The number of phenolic OH excluding ortho intramolecular Hbond substituents is 1. The molecule has 0 spiro atoms. The summed E-state index contributed by atoms with van der Waals surface area (Å²) < 4.78 is 14.2. The number of phenols is 1. The molecule has 1 saturated heterocycles. The minimum absolute atomic E-state index is 0.115. The Hall–Kier alpha value is -0.840. The third-order valence-electron chi connectivity index (χ3n) is 3.73. The molecule has 20 heavy (non-hydrogen) atoms. The number of piperazine rings is 1. The van der Waals surface area contributed by atoms with Gasteiger partial charge in [0.25, 0.3) is 0 Å². The van der Waals surface area contributed by atoms with Crippen LogP contribution in [0.5, 0.6) is 5.75 Å². The Balaban J connectivity index is 2.37. The molecule has 0 aromatic heterocycles. The Morgan fingerprint density at radius 3 is 2.60 bits per heavy atom. The first-order valence-electron chi connectivity index (χ1n) is 7.12. The van der Waals surface area contributed by atoms with E-state index in [1.165, 1.54) is 12.1 Å². The summed E-state index contributed by atoms with van der Waals surface area (Å²) in [5.41, 5.74) is 0.341. The lowest BCUT2D eigenvalue weighted by Crippen LogP contribution is -2.45. The van der Waals surface area contributed by atoms with Crippen molar-refractivity contribution in [3.05, 3.63) is 28.5 Å². The minimum Gasteiger partial charge on any atom is -0.506 e. The Bertz CT molecular complexity index is 461. The van der Waals surface area contributed by atoms with Gasteiger partial charge in [-0.25, -0.2) is 4.39 Å². The third-order valence-corrected chi connectivity index (χ3v) is 4.04. The van der Waals surface area contributed by atoms with Crippen LogP contribution in [-0.4, -0.2) is 36.2 Å². The van der Waals surface area contributed by atoms with E-state index < -0.39 is 0 Å². The minimum atomic E-state index is -0.379. The first kappa shape index (κ1) is 15.5. The SMILES string of the molecule is CC(C)C[C@H](c1c(F)ccc(Cl)c1O)N1CCNCC1. The van der Waals surface area contributed by atoms with Crippen LogP contribution in [0.25, 0.3) is 0 Å². The summed E-state index contributed by atoms with van der Waals surface area (Å²) in [5, 5.41) is 13.7. The van der Waals surface area contributed by atoms with Gasteiger partial charge in [-0.15, -0.1) is 0 Å². The van der Waals surface area contributed by atoms with Gasteiger partial charge in [-0.3, -0.25) is 4.90 Å². The van der Waals surface area contributed by atoms with Gasteiger partial charge in [0.2, 0.25) is 0 Å². The van der Waals surface area contributed by atoms with Crippen molar-refractivity contribution in [2.75, 3.05) is 26.2 Å². The van der Waals surface area contributed by atoms with E-state index in [1.807, 2.05) is 0 Å². The van der Waals surface area contributed by atoms with Gasteiger partial charge in [-0.2, -0.15) is 0 Å². The molecule has 0 aliphatic carbocycles. The molecule has 1 aliphatic rings. The highest BCUT2D eigenvalue weighted by Crippen LogP contribution is 2.39. The molecule has 2 rings (SSSR count). The molecule has 0 saturated carbocycles. The molecule has 0 unspecified atom stereocenters. The molecule has 1 fully saturated rings. The van der Waals surface area contributed by atoms with Crippen LogP contribution in [0.1, 0.15) is 31.9 Å². The monoisotopic (exact) mass is 300 g/mol. The molecule has 1 aliphatic heterocycles. The zero-order chi connectivity index (χ0) is 14.7. The molecule has 0 amide bonds. The highest BCUT2D eigenvalue weighted by atomic mass is 35.5. The first-order chi connectivity index (χ1) is 9.50. The van der Waals surface area contributed by atoms with E-state index in [0.29, 0.717) is 11.5 Å². The molecule has 1 aromatic carbocycles. The maximum atomic E-state index is 14.2. The van der Waals surface area contributed by atoms with Gasteiger partial charge in [0.05, 0.1) is 5.02 Å². The number of hydrogen-bond acceptors (Lipinski definition) is 3. The van der Waals surface area contributed by atoms with Crippen molar-refractivity contribution >= 4 is 11.6 Å². The van der Waals surface area contributed by atoms with Crippen LogP contribution in [0.3, 0.4) is 0 Å². The topological polar surface area (TPSA) is 35.5 Å². The van der Waals surface area contributed by atoms with Gasteiger partial charge >= 0.3 is 0 Å². The molecule has 1 atom stereocenters. The van der Waals surface area contributed by atoms with Crippen LogP contribution < -0.4 is 5.32 Å². The molecule has 1 heterocycles. The van der Waals surface area contributed by atoms with Crippen molar-refractivity contribution in [2.45, 2.75) is 26.3 Å². The van der Waals surface area contributed by atoms with Crippen molar-refractivity contribution in [3.8, 4) is 5.75 Å². The highest BCUT2D eigenvalue weighted by Gasteiger charge is 2.28. The molecule has 1 aromatic rings. The number of rotatable bonds is 4. The van der Waals surface area contributed by atoms with Crippen LogP contribution in [0.15, 0.2) is 12.1 Å². The van der Waals surface area contributed by atoms with Crippen molar-refractivity contribution in [3.63, 3.8) is 0 Å². The van der Waals surface area contributed by atoms with Gasteiger partial charge in [-0.1, -0.05) is 25.4 Å². The number of nitrogens with zero attached hydrogens (tertiary/aromatic N) is 1. The summed E-state index contributed by atoms with van der Waals surface area (Å²) in [7, 11) is 0. The maximum absolute atomic E-state index is 14.2. The Morgan fingerprint density at radius 2 is 2.00 bits per heavy atom. The molecular weight excluding hydrogens is 279 g/mol. The normalized spacial score (nSPS) is 18.4. The van der Waals surface area contributed by atoms with Crippen LogP contribution in [0.4, 0.5) is 4.39 Å². The van der Waals surface area contributed by atoms with Gasteiger partial charge in [-0.05, 0) is 24.5 Å². The maximum Gasteiger partial charge on any atom is 0.141 e. The van der Waals surface area contributed by atoms with Crippen molar-refractivity contribution < 1.29 is 9.50 Å². The zero-order valence-electron chi connectivity index (χ0n) is 12.0. The Kier molecular flexibility index (Phi) is 5.24. The lowest BCUT2D eigenvalue weighted by atomic mass is 9.94. The second-order valence-corrected chi connectivity index (χ2v) is 6.13. The zero-order valence-corrected chi connectivity index (χ0v) is 12.8. The molecule has 0 bridgehead atoms. The number of benzene rings is 1. The lowest BCUT2D eigenvalue weighted by Gasteiger charge is -2.36. The summed E-state index contributed by atoms with van der Waals surface area (Å²) in [6.07, 6.45) is 0.796. The van der Waals surface area contributed by atoms with E-state index in [1.54, 1.807) is 0 Å². The van der Waals surface area contributed by atoms with Gasteiger partial charge < -0.3 is 10.4 Å². The summed E-state index contributed by atoms with van der Waals surface area (Å²) in [6, 6.07) is 2.61. The van der Waals surface area contributed by atoms with Gasteiger partial charge in [0.1, 0.15) is 11.6 Å². The smallest absolute Gasteiger partial charge is 0.141 e. The van der Waals surface area contributed by atoms with E-state index in [-0.39, 0.29) is 22.6 Å². The second kappa shape index (κ2) is 6.74. The fourth-order valence-electron chi connectivity index (χ4n) is 2.76.